The maximum absolute atomic E-state index is 3.94. The highest BCUT2D eigenvalue weighted by Gasteiger charge is 2.34. The maximum atomic E-state index is 3.94. The molecule has 0 heterocycles. The lowest BCUT2D eigenvalue weighted by molar-refractivity contribution is -0.941. The molecule has 0 spiro atoms. The SMILES string of the molecule is C=CCC(c1ccccc1)[N+](CC=C)(CC=C)CC=C.[Cl-]. The molecule has 1 rings (SSSR count). The summed E-state index contributed by atoms with van der Waals surface area (Å²) in [6.45, 7) is 18.4. The van der Waals surface area contributed by atoms with Crippen LogP contribution < -0.4 is 12.4 Å². The normalized spacial score (nSPS) is 11.8. The van der Waals surface area contributed by atoms with Gasteiger partial charge in [-0.15, -0.1) is 6.58 Å². The Balaban J connectivity index is 0.00000400. The zero-order valence-electron chi connectivity index (χ0n) is 12.8. The van der Waals surface area contributed by atoms with Crippen molar-refractivity contribution in [3.05, 3.63) is 86.5 Å². The number of quaternary nitrogens is 1. The Morgan fingerprint density at radius 1 is 0.810 bits per heavy atom. The summed E-state index contributed by atoms with van der Waals surface area (Å²) in [6, 6.07) is 11.0. The molecule has 0 saturated carbocycles. The van der Waals surface area contributed by atoms with Crippen LogP contribution in [0.15, 0.2) is 81.0 Å². The minimum atomic E-state index is 0. The first kappa shape index (κ1) is 19.4. The molecular formula is C19H26ClN. The molecule has 1 aromatic rings. The van der Waals surface area contributed by atoms with Crippen LogP contribution >= 0.6 is 0 Å². The number of halogens is 1. The molecular weight excluding hydrogens is 278 g/mol. The highest BCUT2D eigenvalue weighted by molar-refractivity contribution is 5.18. The van der Waals surface area contributed by atoms with Gasteiger partial charge in [-0.25, -0.2) is 0 Å². The van der Waals surface area contributed by atoms with E-state index >= 15 is 0 Å². The molecule has 1 unspecified atom stereocenters. The summed E-state index contributed by atoms with van der Waals surface area (Å²) in [6.07, 6.45) is 8.91. The number of nitrogens with zero attached hydrogens (tertiary/aromatic N) is 1. The predicted molar refractivity (Wildman–Crippen MR) is 89.4 cm³/mol. The summed E-state index contributed by atoms with van der Waals surface area (Å²) >= 11 is 0. The van der Waals surface area contributed by atoms with Gasteiger partial charge in [0.1, 0.15) is 6.04 Å². The Bertz CT molecular complexity index is 423. The minimum absolute atomic E-state index is 0. The van der Waals surface area contributed by atoms with Crippen LogP contribution in [0.1, 0.15) is 18.0 Å². The summed E-state index contributed by atoms with van der Waals surface area (Å²) in [5.74, 6) is 0. The molecule has 0 amide bonds. The van der Waals surface area contributed by atoms with Crippen LogP contribution in [0.25, 0.3) is 0 Å². The van der Waals surface area contributed by atoms with Crippen molar-refractivity contribution >= 4 is 0 Å². The van der Waals surface area contributed by atoms with Gasteiger partial charge < -0.3 is 16.9 Å². The summed E-state index contributed by atoms with van der Waals surface area (Å²) in [5.41, 5.74) is 1.33. The summed E-state index contributed by atoms with van der Waals surface area (Å²) in [4.78, 5) is 0. The van der Waals surface area contributed by atoms with Crippen molar-refractivity contribution in [3.8, 4) is 0 Å². The number of hydrogen-bond donors (Lipinski definition) is 0. The fourth-order valence-electron chi connectivity index (χ4n) is 2.89. The van der Waals surface area contributed by atoms with Crippen molar-refractivity contribution in [1.29, 1.82) is 0 Å². The van der Waals surface area contributed by atoms with Gasteiger partial charge in [-0.3, -0.25) is 0 Å². The molecule has 21 heavy (non-hydrogen) atoms. The van der Waals surface area contributed by atoms with Crippen molar-refractivity contribution < 1.29 is 16.9 Å². The van der Waals surface area contributed by atoms with Crippen LogP contribution in [0.2, 0.25) is 0 Å². The van der Waals surface area contributed by atoms with Gasteiger partial charge in [0.15, 0.2) is 0 Å². The zero-order chi connectivity index (χ0) is 14.8. The van der Waals surface area contributed by atoms with E-state index in [0.29, 0.717) is 6.04 Å². The molecule has 0 aliphatic carbocycles. The lowest BCUT2D eigenvalue weighted by Gasteiger charge is -2.43. The molecule has 2 heteroatoms. The lowest BCUT2D eigenvalue weighted by atomic mass is 9.98. The molecule has 0 N–H and O–H groups in total. The third-order valence-electron chi connectivity index (χ3n) is 3.71. The monoisotopic (exact) mass is 303 g/mol. The molecule has 1 nitrogen and oxygen atoms in total. The topological polar surface area (TPSA) is 0 Å². The Labute approximate surface area is 136 Å². The van der Waals surface area contributed by atoms with E-state index in [1.165, 1.54) is 5.56 Å². The molecule has 0 aromatic heterocycles. The van der Waals surface area contributed by atoms with Gasteiger partial charge in [0.25, 0.3) is 0 Å². The minimum Gasteiger partial charge on any atom is -1.00 e. The van der Waals surface area contributed by atoms with Gasteiger partial charge in [-0.2, -0.15) is 0 Å². The van der Waals surface area contributed by atoms with Crippen LogP contribution in [0, 0.1) is 0 Å². The molecule has 0 aliphatic heterocycles. The van der Waals surface area contributed by atoms with Gasteiger partial charge >= 0.3 is 0 Å². The average molecular weight is 304 g/mol. The molecule has 1 aromatic carbocycles. The van der Waals surface area contributed by atoms with Gasteiger partial charge in [0.2, 0.25) is 0 Å². The van der Waals surface area contributed by atoms with Crippen molar-refractivity contribution in [2.24, 2.45) is 0 Å². The van der Waals surface area contributed by atoms with Crippen LogP contribution in [0.4, 0.5) is 0 Å². The van der Waals surface area contributed by atoms with Crippen molar-refractivity contribution in [1.82, 2.24) is 0 Å². The highest BCUT2D eigenvalue weighted by Crippen LogP contribution is 2.32. The molecule has 0 radical (unpaired) electrons. The number of benzene rings is 1. The summed E-state index contributed by atoms with van der Waals surface area (Å²) in [7, 11) is 0. The Kier molecular flexibility index (Phi) is 9.44. The fourth-order valence-corrected chi connectivity index (χ4v) is 2.89. The first-order valence-corrected chi connectivity index (χ1v) is 7.08. The third-order valence-corrected chi connectivity index (χ3v) is 3.71. The van der Waals surface area contributed by atoms with E-state index in [4.69, 9.17) is 0 Å². The third kappa shape index (κ3) is 5.04. The Morgan fingerprint density at radius 3 is 1.67 bits per heavy atom. The molecule has 0 bridgehead atoms. The first-order valence-electron chi connectivity index (χ1n) is 7.08. The molecule has 0 saturated heterocycles. The second-order valence-electron chi connectivity index (χ2n) is 5.08. The molecule has 1 atom stereocenters. The first-order chi connectivity index (χ1) is 9.74. The van der Waals surface area contributed by atoms with Gasteiger partial charge in [0, 0.05) is 12.0 Å². The zero-order valence-corrected chi connectivity index (χ0v) is 13.5. The van der Waals surface area contributed by atoms with Crippen molar-refractivity contribution in [2.75, 3.05) is 19.6 Å². The second-order valence-corrected chi connectivity index (χ2v) is 5.08. The smallest absolute Gasteiger partial charge is 0.119 e. The van der Waals surface area contributed by atoms with E-state index in [1.54, 1.807) is 0 Å². The fraction of sp³-hybridized carbons (Fsp3) is 0.263. The standard InChI is InChI=1S/C19H26N.ClH/c1-5-12-19(18-13-10-9-11-14-18)20(15-6-2,16-7-3)17-8-4;/h5-11,13-14,19H,1-4,12,15-17H2;1H/q+1;/p-1. The van der Waals surface area contributed by atoms with E-state index in [-0.39, 0.29) is 12.4 Å². The van der Waals surface area contributed by atoms with Gasteiger partial charge in [-0.05, 0) is 18.2 Å². The Morgan fingerprint density at radius 2 is 1.29 bits per heavy atom. The summed E-state index contributed by atoms with van der Waals surface area (Å²) in [5, 5.41) is 0. The largest absolute Gasteiger partial charge is 1.00 e. The van der Waals surface area contributed by atoms with E-state index in [1.807, 2.05) is 24.3 Å². The van der Waals surface area contributed by atoms with Crippen molar-refractivity contribution in [3.63, 3.8) is 0 Å². The lowest BCUT2D eigenvalue weighted by Crippen LogP contribution is -3.00. The average Bonchev–Trinajstić information content (AvgIpc) is 2.46. The van der Waals surface area contributed by atoms with Crippen LogP contribution in [-0.2, 0) is 0 Å². The van der Waals surface area contributed by atoms with Crippen molar-refractivity contribution in [2.45, 2.75) is 12.5 Å². The number of hydrogen-bond acceptors (Lipinski definition) is 0. The number of rotatable bonds is 10. The highest BCUT2D eigenvalue weighted by atomic mass is 35.5. The van der Waals surface area contributed by atoms with Crippen LogP contribution in [0.3, 0.4) is 0 Å². The van der Waals surface area contributed by atoms with Gasteiger partial charge in [0.05, 0.1) is 19.6 Å². The van der Waals surface area contributed by atoms with E-state index in [2.05, 4.69) is 56.6 Å². The van der Waals surface area contributed by atoms with Gasteiger partial charge in [-0.1, -0.05) is 56.1 Å². The molecule has 0 aliphatic rings. The quantitative estimate of drug-likeness (QED) is 0.456. The second kappa shape index (κ2) is 10.2. The molecule has 114 valence electrons. The van der Waals surface area contributed by atoms with E-state index < -0.39 is 0 Å². The predicted octanol–water partition coefficient (Wildman–Crippen LogP) is 1.68. The molecule has 0 fully saturated rings. The van der Waals surface area contributed by atoms with E-state index in [0.717, 1.165) is 30.5 Å². The maximum Gasteiger partial charge on any atom is 0.119 e. The Hall–Kier alpha value is -1.57. The summed E-state index contributed by atoms with van der Waals surface area (Å²) < 4.78 is 0.868. The van der Waals surface area contributed by atoms with E-state index in [9.17, 15) is 0 Å². The van der Waals surface area contributed by atoms with Crippen LogP contribution in [0.5, 0.6) is 0 Å². The van der Waals surface area contributed by atoms with Crippen LogP contribution in [-0.4, -0.2) is 24.1 Å².